The zero-order valence-electron chi connectivity index (χ0n) is 10.6. The number of benzene rings is 1. The molecule has 0 saturated heterocycles. The largest absolute Gasteiger partial charge is 0.465 e. The average Bonchev–Trinajstić information content (AvgIpc) is 2.80. The molecule has 0 amide bonds. The second-order valence-electron chi connectivity index (χ2n) is 5.35. The molecule has 1 saturated carbocycles. The van der Waals surface area contributed by atoms with Crippen molar-refractivity contribution in [3.05, 3.63) is 35.4 Å². The Hall–Kier alpha value is -1.35. The van der Waals surface area contributed by atoms with Crippen LogP contribution in [0.25, 0.3) is 0 Å². The average molecular weight is 246 g/mol. The van der Waals surface area contributed by atoms with Crippen LogP contribution in [0.2, 0.25) is 0 Å². The van der Waals surface area contributed by atoms with E-state index in [1.54, 1.807) is 0 Å². The maximum Gasteiger partial charge on any atom is 0.315 e. The van der Waals surface area contributed by atoms with Crippen LogP contribution in [0.15, 0.2) is 24.3 Å². The van der Waals surface area contributed by atoms with Gasteiger partial charge in [0.05, 0.1) is 6.61 Å². The summed E-state index contributed by atoms with van der Waals surface area (Å²) in [7, 11) is 0. The SMILES string of the molecule is CCOC(=O)[C@@]12CCC[C@]1(O)c1ccccc1C2. The van der Waals surface area contributed by atoms with Crippen LogP contribution in [0.1, 0.15) is 37.3 Å². The summed E-state index contributed by atoms with van der Waals surface area (Å²) >= 11 is 0. The van der Waals surface area contributed by atoms with Gasteiger partial charge in [-0.05, 0) is 43.7 Å². The van der Waals surface area contributed by atoms with Crippen LogP contribution >= 0.6 is 0 Å². The fourth-order valence-electron chi connectivity index (χ4n) is 3.73. The van der Waals surface area contributed by atoms with E-state index in [4.69, 9.17) is 4.74 Å². The molecule has 1 fully saturated rings. The van der Waals surface area contributed by atoms with Gasteiger partial charge < -0.3 is 9.84 Å². The van der Waals surface area contributed by atoms with Gasteiger partial charge in [0.2, 0.25) is 0 Å². The number of fused-ring (bicyclic) bond motifs is 3. The molecular formula is C15H18O3. The van der Waals surface area contributed by atoms with Crippen molar-refractivity contribution in [1.82, 2.24) is 0 Å². The van der Waals surface area contributed by atoms with E-state index in [2.05, 4.69) is 0 Å². The number of hydrogen-bond acceptors (Lipinski definition) is 3. The monoisotopic (exact) mass is 246 g/mol. The number of rotatable bonds is 2. The number of carbonyl (C=O) groups excluding carboxylic acids is 1. The summed E-state index contributed by atoms with van der Waals surface area (Å²) in [5.41, 5.74) is 0.256. The lowest BCUT2D eigenvalue weighted by atomic mass is 9.75. The molecule has 0 aromatic heterocycles. The minimum absolute atomic E-state index is 0.235. The summed E-state index contributed by atoms with van der Waals surface area (Å²) < 4.78 is 5.23. The summed E-state index contributed by atoms with van der Waals surface area (Å²) in [6.45, 7) is 2.18. The Labute approximate surface area is 107 Å². The first kappa shape index (κ1) is 11.7. The van der Waals surface area contributed by atoms with Gasteiger partial charge in [0.25, 0.3) is 0 Å². The van der Waals surface area contributed by atoms with Crippen molar-refractivity contribution >= 4 is 5.97 Å². The standard InChI is InChI=1S/C15H18O3/c1-2-18-13(16)14-8-5-9-15(14,17)12-7-4-3-6-11(12)10-14/h3-4,6-7,17H,2,5,8-10H2,1H3/t14-,15-/m0/s1. The Morgan fingerprint density at radius 1 is 1.39 bits per heavy atom. The molecule has 96 valence electrons. The first-order chi connectivity index (χ1) is 8.64. The van der Waals surface area contributed by atoms with E-state index in [0.29, 0.717) is 19.4 Å². The summed E-state index contributed by atoms with van der Waals surface area (Å²) in [5, 5.41) is 11.0. The van der Waals surface area contributed by atoms with Gasteiger partial charge in [-0.15, -0.1) is 0 Å². The molecule has 2 aliphatic rings. The van der Waals surface area contributed by atoms with Crippen LogP contribution in [-0.4, -0.2) is 17.7 Å². The highest BCUT2D eigenvalue weighted by Gasteiger charge is 2.64. The van der Waals surface area contributed by atoms with E-state index >= 15 is 0 Å². The number of esters is 1. The molecular weight excluding hydrogens is 228 g/mol. The summed E-state index contributed by atoms with van der Waals surface area (Å²) in [5.74, 6) is -0.235. The van der Waals surface area contributed by atoms with Gasteiger partial charge >= 0.3 is 5.97 Å². The van der Waals surface area contributed by atoms with Crippen LogP contribution in [0.4, 0.5) is 0 Å². The lowest BCUT2D eigenvalue weighted by molar-refractivity contribution is -0.170. The molecule has 0 spiro atoms. The molecule has 2 atom stereocenters. The molecule has 1 N–H and O–H groups in total. The van der Waals surface area contributed by atoms with Gasteiger partial charge in [-0.1, -0.05) is 24.3 Å². The van der Waals surface area contributed by atoms with E-state index in [1.807, 2.05) is 31.2 Å². The predicted molar refractivity (Wildman–Crippen MR) is 67.0 cm³/mol. The van der Waals surface area contributed by atoms with E-state index in [9.17, 15) is 9.90 Å². The minimum atomic E-state index is -1.02. The van der Waals surface area contributed by atoms with Crippen LogP contribution in [0, 0.1) is 5.41 Å². The zero-order chi connectivity index (χ0) is 12.8. The summed E-state index contributed by atoms with van der Waals surface area (Å²) in [6, 6.07) is 7.84. The predicted octanol–water partition coefficient (Wildman–Crippen LogP) is 2.16. The third-order valence-electron chi connectivity index (χ3n) is 4.56. The molecule has 0 aliphatic heterocycles. The highest BCUT2D eigenvalue weighted by Crippen LogP contribution is 2.60. The molecule has 3 nitrogen and oxygen atoms in total. The number of hydrogen-bond donors (Lipinski definition) is 1. The van der Waals surface area contributed by atoms with Crippen molar-refractivity contribution in [3.63, 3.8) is 0 Å². The van der Waals surface area contributed by atoms with E-state index in [-0.39, 0.29) is 5.97 Å². The molecule has 18 heavy (non-hydrogen) atoms. The maximum absolute atomic E-state index is 12.3. The second-order valence-corrected chi connectivity index (χ2v) is 5.35. The van der Waals surface area contributed by atoms with Crippen molar-refractivity contribution in [2.45, 2.75) is 38.2 Å². The van der Waals surface area contributed by atoms with E-state index < -0.39 is 11.0 Å². The highest BCUT2D eigenvalue weighted by molar-refractivity contribution is 5.81. The third-order valence-corrected chi connectivity index (χ3v) is 4.56. The number of aliphatic hydroxyl groups is 1. The highest BCUT2D eigenvalue weighted by atomic mass is 16.5. The second kappa shape index (κ2) is 3.82. The molecule has 0 radical (unpaired) electrons. The first-order valence-corrected chi connectivity index (χ1v) is 6.62. The first-order valence-electron chi connectivity index (χ1n) is 6.62. The van der Waals surface area contributed by atoms with Crippen molar-refractivity contribution in [2.24, 2.45) is 5.41 Å². The Kier molecular flexibility index (Phi) is 2.49. The van der Waals surface area contributed by atoms with Crippen molar-refractivity contribution < 1.29 is 14.6 Å². The lowest BCUT2D eigenvalue weighted by Gasteiger charge is -2.34. The van der Waals surface area contributed by atoms with Gasteiger partial charge in [-0.2, -0.15) is 0 Å². The minimum Gasteiger partial charge on any atom is -0.465 e. The summed E-state index contributed by atoms with van der Waals surface area (Å²) in [4.78, 5) is 12.3. The van der Waals surface area contributed by atoms with E-state index in [1.165, 1.54) is 0 Å². The van der Waals surface area contributed by atoms with Gasteiger partial charge in [-0.25, -0.2) is 0 Å². The molecule has 0 heterocycles. The normalized spacial score (nSPS) is 33.0. The Morgan fingerprint density at radius 2 is 2.17 bits per heavy atom. The fraction of sp³-hybridized carbons (Fsp3) is 0.533. The van der Waals surface area contributed by atoms with Gasteiger partial charge in [0, 0.05) is 0 Å². The third kappa shape index (κ3) is 1.25. The number of ether oxygens (including phenoxy) is 1. The van der Waals surface area contributed by atoms with Crippen molar-refractivity contribution in [3.8, 4) is 0 Å². The fourth-order valence-corrected chi connectivity index (χ4v) is 3.73. The Bertz CT molecular complexity index is 496. The number of carbonyl (C=O) groups is 1. The molecule has 1 aromatic rings. The molecule has 3 rings (SSSR count). The smallest absolute Gasteiger partial charge is 0.315 e. The maximum atomic E-state index is 12.3. The summed E-state index contributed by atoms with van der Waals surface area (Å²) in [6.07, 6.45) is 2.86. The molecule has 1 aromatic carbocycles. The molecule has 2 aliphatic carbocycles. The molecule has 0 bridgehead atoms. The zero-order valence-corrected chi connectivity index (χ0v) is 10.6. The Balaban J connectivity index is 2.10. The van der Waals surface area contributed by atoms with Gasteiger partial charge in [-0.3, -0.25) is 4.79 Å². The van der Waals surface area contributed by atoms with Gasteiger partial charge in [0.15, 0.2) is 0 Å². The Morgan fingerprint density at radius 3 is 2.94 bits per heavy atom. The quantitative estimate of drug-likeness (QED) is 0.813. The van der Waals surface area contributed by atoms with Crippen molar-refractivity contribution in [2.75, 3.05) is 6.61 Å². The molecule has 3 heteroatoms. The van der Waals surface area contributed by atoms with E-state index in [0.717, 1.165) is 24.0 Å². The molecule has 0 unspecified atom stereocenters. The van der Waals surface area contributed by atoms with Crippen LogP contribution in [0.5, 0.6) is 0 Å². The van der Waals surface area contributed by atoms with Crippen LogP contribution < -0.4 is 0 Å². The van der Waals surface area contributed by atoms with Crippen LogP contribution in [0.3, 0.4) is 0 Å². The van der Waals surface area contributed by atoms with Crippen molar-refractivity contribution in [1.29, 1.82) is 0 Å². The van der Waals surface area contributed by atoms with Gasteiger partial charge in [0.1, 0.15) is 11.0 Å². The topological polar surface area (TPSA) is 46.5 Å². The van der Waals surface area contributed by atoms with Crippen LogP contribution in [-0.2, 0) is 21.6 Å². The lowest BCUT2D eigenvalue weighted by Crippen LogP contribution is -2.45.